The lowest BCUT2D eigenvalue weighted by atomic mass is 10.2. The molecule has 2 aromatic heterocycles. The molecule has 0 saturated carbocycles. The highest BCUT2D eigenvalue weighted by atomic mass is 32.2. The van der Waals surface area contributed by atoms with Gasteiger partial charge in [0.25, 0.3) is 0 Å². The Bertz CT molecular complexity index is 582. The normalized spacial score (nSPS) is 19.2. The molecule has 1 fully saturated rings. The van der Waals surface area contributed by atoms with Crippen LogP contribution in [0.5, 0.6) is 0 Å². The number of thioether (sulfide) groups is 1. The van der Waals surface area contributed by atoms with Gasteiger partial charge in [-0.05, 0) is 30.7 Å². The van der Waals surface area contributed by atoms with E-state index in [1.54, 1.807) is 17.7 Å². The molecule has 2 aromatic rings. The molecule has 0 aromatic carbocycles. The van der Waals surface area contributed by atoms with Gasteiger partial charge in [-0.15, -0.1) is 21.5 Å². The molecule has 3 heterocycles. The Morgan fingerprint density at radius 2 is 2.43 bits per heavy atom. The fourth-order valence-electron chi connectivity index (χ4n) is 2.33. The molecule has 1 unspecified atom stereocenters. The van der Waals surface area contributed by atoms with Gasteiger partial charge in [0.05, 0.1) is 5.25 Å². The van der Waals surface area contributed by atoms with E-state index >= 15 is 0 Å². The standard InChI is InChI=1S/C14H18N4OS2/c19-13-12(5-1-2-7-15-13)21-14-17-16-10-18(14)8-6-11-4-3-9-20-11/h3-4,9-10,12H,1-2,5-8H2,(H,15,19). The van der Waals surface area contributed by atoms with E-state index in [1.165, 1.54) is 16.6 Å². The quantitative estimate of drug-likeness (QED) is 0.918. The average molecular weight is 322 g/mol. The lowest BCUT2D eigenvalue weighted by Gasteiger charge is -2.12. The van der Waals surface area contributed by atoms with Gasteiger partial charge in [-0.3, -0.25) is 4.79 Å². The van der Waals surface area contributed by atoms with Gasteiger partial charge in [0.2, 0.25) is 5.91 Å². The maximum atomic E-state index is 12.0. The number of thiophene rings is 1. The molecule has 1 atom stereocenters. The van der Waals surface area contributed by atoms with Crippen molar-refractivity contribution < 1.29 is 4.79 Å². The van der Waals surface area contributed by atoms with Gasteiger partial charge in [-0.25, -0.2) is 0 Å². The van der Waals surface area contributed by atoms with E-state index in [4.69, 9.17) is 0 Å². The lowest BCUT2D eigenvalue weighted by molar-refractivity contribution is -0.120. The van der Waals surface area contributed by atoms with Crippen LogP contribution < -0.4 is 5.32 Å². The molecule has 0 aliphatic carbocycles. The Labute approximate surface area is 132 Å². The summed E-state index contributed by atoms with van der Waals surface area (Å²) in [5, 5.41) is 14.0. The van der Waals surface area contributed by atoms with Crippen molar-refractivity contribution in [2.24, 2.45) is 0 Å². The molecule has 1 saturated heterocycles. The minimum absolute atomic E-state index is 0.0443. The number of amides is 1. The van der Waals surface area contributed by atoms with Crippen molar-refractivity contribution in [2.45, 2.75) is 42.6 Å². The van der Waals surface area contributed by atoms with Crippen molar-refractivity contribution in [1.29, 1.82) is 0 Å². The van der Waals surface area contributed by atoms with Crippen LogP contribution in [-0.4, -0.2) is 32.5 Å². The van der Waals surface area contributed by atoms with Crippen LogP contribution in [0.2, 0.25) is 0 Å². The third kappa shape index (κ3) is 3.85. The smallest absolute Gasteiger partial charge is 0.233 e. The fraction of sp³-hybridized carbons (Fsp3) is 0.500. The maximum Gasteiger partial charge on any atom is 0.233 e. The van der Waals surface area contributed by atoms with E-state index < -0.39 is 0 Å². The van der Waals surface area contributed by atoms with Crippen molar-refractivity contribution in [1.82, 2.24) is 20.1 Å². The van der Waals surface area contributed by atoms with Crippen LogP contribution >= 0.6 is 23.1 Å². The highest BCUT2D eigenvalue weighted by Gasteiger charge is 2.23. The van der Waals surface area contributed by atoms with Crippen LogP contribution in [0, 0.1) is 0 Å². The molecule has 5 nitrogen and oxygen atoms in total. The van der Waals surface area contributed by atoms with Crippen molar-refractivity contribution in [3.8, 4) is 0 Å². The molecule has 3 rings (SSSR count). The number of carbonyl (C=O) groups is 1. The number of nitrogens with one attached hydrogen (secondary N) is 1. The third-order valence-electron chi connectivity index (χ3n) is 3.49. The molecule has 21 heavy (non-hydrogen) atoms. The maximum absolute atomic E-state index is 12.0. The van der Waals surface area contributed by atoms with Crippen molar-refractivity contribution >= 4 is 29.0 Å². The molecule has 7 heteroatoms. The SMILES string of the molecule is O=C1NCCCCC1Sc1nncn1CCc1cccs1. The number of hydrogen-bond acceptors (Lipinski definition) is 5. The summed E-state index contributed by atoms with van der Waals surface area (Å²) >= 11 is 3.30. The Kier molecular flexibility index (Phi) is 4.92. The Hall–Kier alpha value is -1.34. The molecule has 1 N–H and O–H groups in total. The minimum atomic E-state index is -0.0443. The molecule has 1 amide bonds. The Morgan fingerprint density at radius 3 is 3.29 bits per heavy atom. The fourth-order valence-corrected chi connectivity index (χ4v) is 4.12. The van der Waals surface area contributed by atoms with Crippen LogP contribution in [0.3, 0.4) is 0 Å². The number of carbonyl (C=O) groups excluding carboxylic acids is 1. The van der Waals surface area contributed by atoms with E-state index in [0.29, 0.717) is 0 Å². The summed E-state index contributed by atoms with van der Waals surface area (Å²) in [4.78, 5) is 13.4. The molecule has 0 bridgehead atoms. The number of hydrogen-bond donors (Lipinski definition) is 1. The van der Waals surface area contributed by atoms with Crippen molar-refractivity contribution in [2.75, 3.05) is 6.54 Å². The molecular formula is C14H18N4OS2. The first-order valence-corrected chi connectivity index (χ1v) is 8.93. The first-order chi connectivity index (χ1) is 10.3. The number of aryl methyl sites for hydroxylation is 2. The van der Waals surface area contributed by atoms with E-state index in [0.717, 1.165) is 43.9 Å². The first kappa shape index (κ1) is 14.6. The van der Waals surface area contributed by atoms with E-state index in [9.17, 15) is 4.79 Å². The van der Waals surface area contributed by atoms with Crippen molar-refractivity contribution in [3.05, 3.63) is 28.7 Å². The second-order valence-corrected chi connectivity index (χ2v) is 7.23. The zero-order valence-corrected chi connectivity index (χ0v) is 13.3. The predicted molar refractivity (Wildman–Crippen MR) is 84.6 cm³/mol. The molecule has 112 valence electrons. The zero-order valence-electron chi connectivity index (χ0n) is 11.7. The second kappa shape index (κ2) is 7.09. The highest BCUT2D eigenvalue weighted by molar-refractivity contribution is 8.00. The highest BCUT2D eigenvalue weighted by Crippen LogP contribution is 2.26. The van der Waals surface area contributed by atoms with Gasteiger partial charge in [-0.1, -0.05) is 24.2 Å². The molecule has 1 aliphatic heterocycles. The topological polar surface area (TPSA) is 59.8 Å². The lowest BCUT2D eigenvalue weighted by Crippen LogP contribution is -2.30. The summed E-state index contributed by atoms with van der Waals surface area (Å²) in [6.45, 7) is 1.64. The van der Waals surface area contributed by atoms with Crippen LogP contribution in [0.4, 0.5) is 0 Å². The van der Waals surface area contributed by atoms with E-state index in [1.807, 2.05) is 4.57 Å². The third-order valence-corrected chi connectivity index (χ3v) is 5.69. The molecule has 0 spiro atoms. The largest absolute Gasteiger partial charge is 0.355 e. The van der Waals surface area contributed by atoms with Gasteiger partial charge in [0.15, 0.2) is 5.16 Å². The Balaban J connectivity index is 1.63. The van der Waals surface area contributed by atoms with Crippen LogP contribution in [-0.2, 0) is 17.8 Å². The van der Waals surface area contributed by atoms with Crippen molar-refractivity contribution in [3.63, 3.8) is 0 Å². The van der Waals surface area contributed by atoms with Gasteiger partial charge < -0.3 is 9.88 Å². The van der Waals surface area contributed by atoms with Crippen LogP contribution in [0.15, 0.2) is 29.0 Å². The number of aromatic nitrogens is 3. The van der Waals surface area contributed by atoms with E-state index in [2.05, 4.69) is 33.0 Å². The van der Waals surface area contributed by atoms with Crippen LogP contribution in [0.1, 0.15) is 24.1 Å². The summed E-state index contributed by atoms with van der Waals surface area (Å²) in [5.74, 6) is 0.130. The summed E-state index contributed by atoms with van der Waals surface area (Å²) in [7, 11) is 0. The first-order valence-electron chi connectivity index (χ1n) is 7.17. The predicted octanol–water partition coefficient (Wildman–Crippen LogP) is 2.34. The van der Waals surface area contributed by atoms with Crippen LogP contribution in [0.25, 0.3) is 0 Å². The van der Waals surface area contributed by atoms with Gasteiger partial charge in [-0.2, -0.15) is 0 Å². The summed E-state index contributed by atoms with van der Waals surface area (Å²) in [6, 6.07) is 4.21. The molecular weight excluding hydrogens is 304 g/mol. The Morgan fingerprint density at radius 1 is 1.48 bits per heavy atom. The monoisotopic (exact) mass is 322 g/mol. The summed E-state index contributed by atoms with van der Waals surface area (Å²) in [5.41, 5.74) is 0. The van der Waals surface area contributed by atoms with Gasteiger partial charge >= 0.3 is 0 Å². The summed E-state index contributed by atoms with van der Waals surface area (Å²) < 4.78 is 2.04. The zero-order chi connectivity index (χ0) is 14.5. The van der Waals surface area contributed by atoms with E-state index in [-0.39, 0.29) is 11.2 Å². The molecule has 0 radical (unpaired) electrons. The number of rotatable bonds is 5. The summed E-state index contributed by atoms with van der Waals surface area (Å²) in [6.07, 6.45) is 5.78. The van der Waals surface area contributed by atoms with Gasteiger partial charge in [0.1, 0.15) is 6.33 Å². The molecule has 1 aliphatic rings. The van der Waals surface area contributed by atoms with Gasteiger partial charge in [0, 0.05) is 18.0 Å². The second-order valence-electron chi connectivity index (χ2n) is 5.03. The number of nitrogens with zero attached hydrogens (tertiary/aromatic N) is 3. The minimum Gasteiger partial charge on any atom is -0.355 e. The average Bonchev–Trinajstić information content (AvgIpc) is 3.10.